The first-order chi connectivity index (χ1) is 18.5. The number of hydrogen-bond donors (Lipinski definition) is 1. The first kappa shape index (κ1) is 39.6. The van der Waals surface area contributed by atoms with E-state index in [-0.39, 0.29) is 25.4 Å². The van der Waals surface area contributed by atoms with E-state index in [0.717, 1.165) is 57.7 Å². The molecule has 0 saturated carbocycles. The minimum atomic E-state index is -3.35. The lowest BCUT2D eigenvalue weighted by Gasteiger charge is -2.33. The lowest BCUT2D eigenvalue weighted by atomic mass is 9.94. The third-order valence-electron chi connectivity index (χ3n) is 5.89. The summed E-state index contributed by atoms with van der Waals surface area (Å²) < 4.78 is 55.9. The summed E-state index contributed by atoms with van der Waals surface area (Å²) in [6.45, 7) is 14.4. The second-order valence-corrected chi connectivity index (χ2v) is 17.0. The highest BCUT2D eigenvalue weighted by molar-refractivity contribution is 8.13. The summed E-state index contributed by atoms with van der Waals surface area (Å²) in [5.74, 6) is 0.958. The van der Waals surface area contributed by atoms with Crippen LogP contribution < -0.4 is 0 Å². The van der Waals surface area contributed by atoms with Gasteiger partial charge < -0.3 is 24.4 Å². The highest BCUT2D eigenvalue weighted by Gasteiger charge is 2.28. The number of carbonyl (C=O) groups is 2. The van der Waals surface area contributed by atoms with Gasteiger partial charge in [0.15, 0.2) is 0 Å². The Morgan fingerprint density at radius 2 is 1.07 bits per heavy atom. The molecular weight excluding hydrogens is 600 g/mol. The van der Waals surface area contributed by atoms with Crippen LogP contribution in [0.15, 0.2) is 0 Å². The predicted octanol–water partition coefficient (Wildman–Crippen LogP) is 4.20. The zero-order chi connectivity index (χ0) is 32.1. The van der Waals surface area contributed by atoms with Crippen LogP contribution >= 0.6 is 10.7 Å². The minimum absolute atomic E-state index is 0.213. The smallest absolute Gasteiger partial charge is 0.410 e. The predicted molar refractivity (Wildman–Crippen MR) is 159 cm³/mol. The molecule has 0 atom stereocenters. The Morgan fingerprint density at radius 1 is 0.756 bits per heavy atom. The fraction of sp³-hybridized carbons (Fsp3) is 0.923. The van der Waals surface area contributed by atoms with Gasteiger partial charge in [0, 0.05) is 43.5 Å². The summed E-state index contributed by atoms with van der Waals surface area (Å²) in [7, 11) is -2.05. The molecule has 0 aromatic carbocycles. The molecule has 41 heavy (non-hydrogen) atoms. The van der Waals surface area contributed by atoms with Crippen LogP contribution in [0.3, 0.4) is 0 Å². The third-order valence-corrected chi connectivity index (χ3v) is 6.49. The number of aliphatic hydroxyl groups is 1. The monoisotopic (exact) mass is 650 g/mol. The minimum Gasteiger partial charge on any atom is -0.444 e. The largest absolute Gasteiger partial charge is 0.444 e. The topological polar surface area (TPSA) is 157 Å². The maximum absolute atomic E-state index is 11.9. The molecule has 2 amide bonds. The Hall–Kier alpha value is -1.35. The average Bonchev–Trinajstić information content (AvgIpc) is 2.76. The first-order valence-corrected chi connectivity index (χ1v) is 18.3. The van der Waals surface area contributed by atoms with Crippen molar-refractivity contribution in [1.82, 2.24) is 9.80 Å². The van der Waals surface area contributed by atoms with E-state index in [1.165, 1.54) is 0 Å². The molecule has 0 aromatic heterocycles. The van der Waals surface area contributed by atoms with E-state index in [1.807, 2.05) is 41.5 Å². The number of aliphatic hydroxyl groups excluding tert-OH is 1. The normalized spacial score (nSPS) is 17.5. The Balaban J connectivity index is 0.000000681. The molecule has 2 saturated heterocycles. The van der Waals surface area contributed by atoms with Crippen LogP contribution in [0.1, 0.15) is 80.1 Å². The molecule has 2 heterocycles. The SMILES string of the molecule is CC(C)(C)OC(=O)N1CCC(CCO)CC1.CC(C)(C)OC(=O)N1CCC(CCOS(C)(=O)=O)CC1.CS(=O)(=O)Cl. The zero-order valence-electron chi connectivity index (χ0n) is 25.9. The molecule has 0 spiro atoms. The second kappa shape index (κ2) is 17.7. The molecule has 15 heteroatoms. The van der Waals surface area contributed by atoms with Gasteiger partial charge in [-0.15, -0.1) is 0 Å². The Morgan fingerprint density at radius 3 is 1.34 bits per heavy atom. The summed E-state index contributed by atoms with van der Waals surface area (Å²) >= 11 is 0. The molecule has 2 aliphatic heterocycles. The van der Waals surface area contributed by atoms with Crippen LogP contribution in [0, 0.1) is 11.8 Å². The van der Waals surface area contributed by atoms with Crippen molar-refractivity contribution in [2.45, 2.75) is 91.3 Å². The summed E-state index contributed by atoms with van der Waals surface area (Å²) in [5.41, 5.74) is -0.893. The van der Waals surface area contributed by atoms with Crippen LogP contribution in [0.25, 0.3) is 0 Å². The molecule has 2 aliphatic rings. The summed E-state index contributed by atoms with van der Waals surface area (Å²) in [5, 5.41) is 8.84. The van der Waals surface area contributed by atoms with Crippen molar-refractivity contribution in [2.24, 2.45) is 11.8 Å². The molecule has 0 bridgehead atoms. The molecule has 1 N–H and O–H groups in total. The van der Waals surface area contributed by atoms with E-state index < -0.39 is 30.4 Å². The third kappa shape index (κ3) is 23.9. The Bertz CT molecular complexity index is 984. The number of amides is 2. The summed E-state index contributed by atoms with van der Waals surface area (Å²) in [6, 6.07) is 0. The van der Waals surface area contributed by atoms with Gasteiger partial charge in [0.05, 0.1) is 19.1 Å². The highest BCUT2D eigenvalue weighted by atomic mass is 35.7. The number of ether oxygens (including phenoxy) is 2. The lowest BCUT2D eigenvalue weighted by molar-refractivity contribution is 0.0166. The van der Waals surface area contributed by atoms with Gasteiger partial charge in [-0.1, -0.05) is 0 Å². The van der Waals surface area contributed by atoms with Crippen molar-refractivity contribution in [2.75, 3.05) is 51.9 Å². The maximum atomic E-state index is 11.9. The van der Waals surface area contributed by atoms with Gasteiger partial charge in [0.25, 0.3) is 10.1 Å². The molecule has 0 aliphatic carbocycles. The van der Waals surface area contributed by atoms with Gasteiger partial charge in [-0.2, -0.15) is 8.42 Å². The van der Waals surface area contributed by atoms with Crippen molar-refractivity contribution < 1.29 is 45.2 Å². The number of halogens is 1. The number of likely N-dealkylation sites (tertiary alicyclic amines) is 2. The standard InChI is InChI=1S/C13H25NO5S.C12H23NO3.CH3ClO2S/c1-13(2,3)19-12(15)14-8-5-11(6-9-14)7-10-18-20(4,16)17;1-12(2,3)16-11(15)13-7-4-10(5-8-13)6-9-14;1-5(2,3)4/h11H,5-10H2,1-4H3;10,14H,4-9H2,1-3H3;1H3. The van der Waals surface area contributed by atoms with Gasteiger partial charge in [0.1, 0.15) is 11.2 Å². The summed E-state index contributed by atoms with van der Waals surface area (Å²) in [6.07, 6.45) is 6.70. The molecule has 0 radical (unpaired) electrons. The van der Waals surface area contributed by atoms with Crippen molar-refractivity contribution in [3.05, 3.63) is 0 Å². The molecule has 244 valence electrons. The van der Waals surface area contributed by atoms with Gasteiger partial charge >= 0.3 is 12.2 Å². The Kier molecular flexibility index (Phi) is 17.1. The van der Waals surface area contributed by atoms with Gasteiger partial charge in [0.2, 0.25) is 9.05 Å². The molecular formula is C26H51ClN2O10S2. The van der Waals surface area contributed by atoms with Crippen molar-refractivity contribution in [3.63, 3.8) is 0 Å². The van der Waals surface area contributed by atoms with Crippen molar-refractivity contribution in [3.8, 4) is 0 Å². The molecule has 0 aromatic rings. The van der Waals surface area contributed by atoms with Gasteiger partial charge in [-0.25, -0.2) is 18.0 Å². The molecule has 0 unspecified atom stereocenters. The lowest BCUT2D eigenvalue weighted by Crippen LogP contribution is -2.41. The first-order valence-electron chi connectivity index (χ1n) is 13.8. The Labute approximate surface area is 251 Å². The molecule has 2 rings (SSSR count). The summed E-state index contributed by atoms with van der Waals surface area (Å²) in [4.78, 5) is 27.1. The fourth-order valence-corrected chi connectivity index (χ4v) is 4.41. The molecule has 2 fully saturated rings. The number of hydrogen-bond acceptors (Lipinski definition) is 10. The van der Waals surface area contributed by atoms with Crippen LogP contribution in [0.2, 0.25) is 0 Å². The van der Waals surface area contributed by atoms with E-state index in [4.69, 9.17) is 18.8 Å². The maximum Gasteiger partial charge on any atom is 0.410 e. The number of carbonyl (C=O) groups excluding carboxylic acids is 2. The number of rotatable bonds is 6. The number of piperidine rings is 2. The van der Waals surface area contributed by atoms with Crippen LogP contribution in [0.4, 0.5) is 9.59 Å². The highest BCUT2D eigenvalue weighted by Crippen LogP contribution is 2.23. The number of nitrogens with zero attached hydrogens (tertiary/aromatic N) is 2. The van der Waals surface area contributed by atoms with E-state index in [1.54, 1.807) is 9.80 Å². The van der Waals surface area contributed by atoms with Crippen LogP contribution in [-0.4, -0.2) is 107 Å². The van der Waals surface area contributed by atoms with E-state index in [2.05, 4.69) is 10.7 Å². The van der Waals surface area contributed by atoms with Gasteiger partial charge in [-0.05, 0) is 91.9 Å². The van der Waals surface area contributed by atoms with E-state index >= 15 is 0 Å². The zero-order valence-corrected chi connectivity index (χ0v) is 28.2. The molecule has 12 nitrogen and oxygen atoms in total. The quantitative estimate of drug-likeness (QED) is 0.326. The van der Waals surface area contributed by atoms with Crippen molar-refractivity contribution >= 4 is 42.0 Å². The van der Waals surface area contributed by atoms with E-state index in [0.29, 0.717) is 31.3 Å². The van der Waals surface area contributed by atoms with E-state index in [9.17, 15) is 26.4 Å². The second-order valence-electron chi connectivity index (χ2n) is 12.3. The van der Waals surface area contributed by atoms with Crippen molar-refractivity contribution in [1.29, 1.82) is 0 Å². The van der Waals surface area contributed by atoms with Crippen LogP contribution in [-0.2, 0) is 32.8 Å². The van der Waals surface area contributed by atoms with Crippen LogP contribution in [0.5, 0.6) is 0 Å². The van der Waals surface area contributed by atoms with Gasteiger partial charge in [-0.3, -0.25) is 4.18 Å². The average molecular weight is 651 g/mol. The fourth-order valence-electron chi connectivity index (χ4n) is 4.01.